The molecule has 0 unspecified atom stereocenters. The summed E-state index contributed by atoms with van der Waals surface area (Å²) in [6.45, 7) is 1.61. The number of nitrogens with zero attached hydrogens (tertiary/aromatic N) is 2. The minimum atomic E-state index is -1.01. The van der Waals surface area contributed by atoms with Crippen molar-refractivity contribution in [3.05, 3.63) is 29.6 Å². The molecule has 1 aliphatic rings. The fourth-order valence-corrected chi connectivity index (χ4v) is 1.98. The molecule has 7 nitrogen and oxygen atoms in total. The summed E-state index contributed by atoms with van der Waals surface area (Å²) in [6, 6.07) is 3.27. The smallest absolute Gasteiger partial charge is 0.335 e. The number of aromatic nitrogens is 1. The van der Waals surface area contributed by atoms with Crippen molar-refractivity contribution < 1.29 is 14.7 Å². The quantitative estimate of drug-likeness (QED) is 0.687. The number of amides is 2. The molecule has 0 saturated heterocycles. The van der Waals surface area contributed by atoms with Crippen molar-refractivity contribution in [1.29, 1.82) is 0 Å². The molecule has 1 aromatic rings. The van der Waals surface area contributed by atoms with Crippen LogP contribution in [0.25, 0.3) is 0 Å². The first-order valence-electron chi connectivity index (χ1n) is 6.96. The van der Waals surface area contributed by atoms with Crippen molar-refractivity contribution in [2.24, 2.45) is 0 Å². The minimum Gasteiger partial charge on any atom is -0.478 e. The van der Waals surface area contributed by atoms with E-state index in [1.54, 1.807) is 0 Å². The van der Waals surface area contributed by atoms with E-state index in [0.717, 1.165) is 6.54 Å². The molecule has 114 valence electrons. The zero-order valence-corrected chi connectivity index (χ0v) is 12.0. The predicted octanol–water partition coefficient (Wildman–Crippen LogP) is 0.673. The average Bonchev–Trinajstić information content (AvgIpc) is 3.30. The van der Waals surface area contributed by atoms with E-state index in [1.807, 2.05) is 0 Å². The van der Waals surface area contributed by atoms with Gasteiger partial charge in [-0.25, -0.2) is 9.59 Å². The Bertz CT molecular complexity index is 517. The lowest BCUT2D eigenvalue weighted by atomic mass is 10.2. The van der Waals surface area contributed by atoms with Crippen LogP contribution in [0.3, 0.4) is 0 Å². The monoisotopic (exact) mass is 292 g/mol. The predicted molar refractivity (Wildman–Crippen MR) is 77.1 cm³/mol. The molecule has 0 bridgehead atoms. The molecule has 7 heteroatoms. The van der Waals surface area contributed by atoms with Crippen LogP contribution in [0.2, 0.25) is 0 Å². The van der Waals surface area contributed by atoms with Crippen molar-refractivity contribution in [3.63, 3.8) is 0 Å². The van der Waals surface area contributed by atoms with E-state index in [0.29, 0.717) is 18.3 Å². The van der Waals surface area contributed by atoms with E-state index in [-0.39, 0.29) is 18.1 Å². The molecule has 1 aliphatic carbocycles. The largest absolute Gasteiger partial charge is 0.478 e. The Balaban J connectivity index is 1.68. The highest BCUT2D eigenvalue weighted by atomic mass is 16.4. The summed E-state index contributed by atoms with van der Waals surface area (Å²) in [4.78, 5) is 28.7. The summed E-state index contributed by atoms with van der Waals surface area (Å²) in [5.74, 6) is -1.01. The van der Waals surface area contributed by atoms with Crippen molar-refractivity contribution in [2.45, 2.75) is 25.4 Å². The summed E-state index contributed by atoms with van der Waals surface area (Å²) < 4.78 is 0. The Morgan fingerprint density at radius 2 is 2.19 bits per heavy atom. The number of likely N-dealkylation sites (N-methyl/N-ethyl adjacent to an activating group) is 1. The van der Waals surface area contributed by atoms with Gasteiger partial charge in [0.25, 0.3) is 0 Å². The van der Waals surface area contributed by atoms with E-state index in [1.165, 1.54) is 31.2 Å². The van der Waals surface area contributed by atoms with Crippen LogP contribution in [-0.2, 0) is 6.54 Å². The van der Waals surface area contributed by atoms with Crippen LogP contribution in [0.5, 0.6) is 0 Å². The maximum absolute atomic E-state index is 11.6. The van der Waals surface area contributed by atoms with Gasteiger partial charge < -0.3 is 20.6 Å². The van der Waals surface area contributed by atoms with Gasteiger partial charge in [-0.05, 0) is 32.0 Å². The van der Waals surface area contributed by atoms with Crippen LogP contribution in [0, 0.1) is 0 Å². The van der Waals surface area contributed by atoms with Crippen LogP contribution in [0.15, 0.2) is 18.3 Å². The Morgan fingerprint density at radius 3 is 2.86 bits per heavy atom. The summed E-state index contributed by atoms with van der Waals surface area (Å²) in [5.41, 5.74) is 0.674. The summed E-state index contributed by atoms with van der Waals surface area (Å²) >= 11 is 0. The van der Waals surface area contributed by atoms with E-state index < -0.39 is 5.97 Å². The number of carboxylic acid groups (broad SMARTS) is 1. The van der Waals surface area contributed by atoms with Crippen LogP contribution in [0.1, 0.15) is 28.9 Å². The number of hydrogen-bond acceptors (Lipinski definition) is 4. The van der Waals surface area contributed by atoms with Crippen molar-refractivity contribution in [1.82, 2.24) is 20.5 Å². The number of rotatable bonds is 7. The number of carbonyl (C=O) groups excluding carboxylic acids is 1. The second kappa shape index (κ2) is 7.03. The van der Waals surface area contributed by atoms with Gasteiger partial charge in [-0.15, -0.1) is 0 Å². The highest BCUT2D eigenvalue weighted by Gasteiger charge is 2.25. The van der Waals surface area contributed by atoms with Gasteiger partial charge >= 0.3 is 12.0 Å². The van der Waals surface area contributed by atoms with Crippen molar-refractivity contribution in [2.75, 3.05) is 20.1 Å². The molecule has 0 aliphatic heterocycles. The van der Waals surface area contributed by atoms with Crippen molar-refractivity contribution >= 4 is 12.0 Å². The molecule has 2 amide bonds. The van der Waals surface area contributed by atoms with Crippen LogP contribution < -0.4 is 10.6 Å². The summed E-state index contributed by atoms with van der Waals surface area (Å²) in [6.07, 6.45) is 3.91. The van der Waals surface area contributed by atoms with E-state index in [4.69, 9.17) is 5.11 Å². The Labute approximate surface area is 123 Å². The molecule has 1 aromatic heterocycles. The lowest BCUT2D eigenvalue weighted by Gasteiger charge is -2.15. The molecular formula is C14H20N4O3. The Kier molecular flexibility index (Phi) is 5.10. The molecule has 1 saturated carbocycles. The molecule has 2 rings (SSSR count). The first-order valence-corrected chi connectivity index (χ1v) is 6.96. The first-order chi connectivity index (χ1) is 10.1. The molecule has 0 radical (unpaired) electrons. The van der Waals surface area contributed by atoms with Crippen LogP contribution in [-0.4, -0.2) is 53.2 Å². The van der Waals surface area contributed by atoms with Gasteiger partial charge in [-0.3, -0.25) is 4.98 Å². The molecule has 1 fully saturated rings. The number of nitrogens with one attached hydrogen (secondary N) is 2. The molecule has 0 aromatic carbocycles. The van der Waals surface area contributed by atoms with Crippen molar-refractivity contribution in [3.8, 4) is 0 Å². The number of pyridine rings is 1. The number of carbonyl (C=O) groups is 2. The van der Waals surface area contributed by atoms with Gasteiger partial charge in [-0.2, -0.15) is 0 Å². The van der Waals surface area contributed by atoms with Gasteiger partial charge in [0.15, 0.2) is 0 Å². The van der Waals surface area contributed by atoms with E-state index >= 15 is 0 Å². The Morgan fingerprint density at radius 1 is 1.43 bits per heavy atom. The number of aromatic carboxylic acids is 1. The molecule has 0 atom stereocenters. The number of carboxylic acids is 1. The van der Waals surface area contributed by atoms with E-state index in [9.17, 15) is 9.59 Å². The van der Waals surface area contributed by atoms with Crippen LogP contribution >= 0.6 is 0 Å². The fraction of sp³-hybridized carbons (Fsp3) is 0.500. The molecule has 21 heavy (non-hydrogen) atoms. The van der Waals surface area contributed by atoms with Gasteiger partial charge in [0, 0.05) is 25.3 Å². The second-order valence-electron chi connectivity index (χ2n) is 5.16. The van der Waals surface area contributed by atoms with Gasteiger partial charge in [-0.1, -0.05) is 0 Å². The fourth-order valence-electron chi connectivity index (χ4n) is 1.98. The van der Waals surface area contributed by atoms with Gasteiger partial charge in [0.05, 0.1) is 17.8 Å². The lowest BCUT2D eigenvalue weighted by Crippen LogP contribution is -2.39. The SMILES string of the molecule is CN(CCNC(=O)NCc1cc(C(=O)O)ccn1)C1CC1. The van der Waals surface area contributed by atoms with Gasteiger partial charge in [0.1, 0.15) is 0 Å². The van der Waals surface area contributed by atoms with Gasteiger partial charge in [0.2, 0.25) is 0 Å². The summed E-state index contributed by atoms with van der Waals surface area (Å²) in [5, 5.41) is 14.3. The van der Waals surface area contributed by atoms with E-state index in [2.05, 4.69) is 27.6 Å². The molecule has 1 heterocycles. The minimum absolute atomic E-state index is 0.160. The molecular weight excluding hydrogens is 272 g/mol. The third-order valence-electron chi connectivity index (χ3n) is 3.41. The normalized spacial score (nSPS) is 14.0. The third kappa shape index (κ3) is 5.03. The molecule has 0 spiro atoms. The highest BCUT2D eigenvalue weighted by Crippen LogP contribution is 2.24. The average molecular weight is 292 g/mol. The van der Waals surface area contributed by atoms with Crippen LogP contribution in [0.4, 0.5) is 4.79 Å². The highest BCUT2D eigenvalue weighted by molar-refractivity contribution is 5.87. The zero-order valence-electron chi connectivity index (χ0n) is 12.0. The second-order valence-corrected chi connectivity index (χ2v) is 5.16. The zero-order chi connectivity index (χ0) is 15.2. The molecule has 3 N–H and O–H groups in total. The topological polar surface area (TPSA) is 94.6 Å². The maximum atomic E-state index is 11.6. The maximum Gasteiger partial charge on any atom is 0.335 e. The standard InChI is InChI=1S/C14H20N4O3/c1-18(12-2-3-12)7-6-16-14(21)17-9-11-8-10(13(19)20)4-5-15-11/h4-5,8,12H,2-3,6-7,9H2,1H3,(H,19,20)(H2,16,17,21). The number of hydrogen-bond donors (Lipinski definition) is 3. The third-order valence-corrected chi connectivity index (χ3v) is 3.41. The summed E-state index contributed by atoms with van der Waals surface area (Å²) in [7, 11) is 2.05. The Hall–Kier alpha value is -2.15. The lowest BCUT2D eigenvalue weighted by molar-refractivity contribution is 0.0696. The first kappa shape index (κ1) is 15.2. The number of urea groups is 1.